The van der Waals surface area contributed by atoms with E-state index in [2.05, 4.69) is 9.97 Å². The van der Waals surface area contributed by atoms with Crippen molar-refractivity contribution >= 4 is 33.0 Å². The molecule has 0 amide bonds. The smallest absolute Gasteiger partial charge is 0.211 e. The summed E-state index contributed by atoms with van der Waals surface area (Å²) in [5.41, 5.74) is 1.32. The van der Waals surface area contributed by atoms with Crippen molar-refractivity contribution < 1.29 is 8.42 Å². The second-order valence-electron chi connectivity index (χ2n) is 3.94. The summed E-state index contributed by atoms with van der Waals surface area (Å²) in [6, 6.07) is 5.39. The van der Waals surface area contributed by atoms with Crippen LogP contribution in [0, 0.1) is 0 Å². The molecule has 2 aromatic heterocycles. The van der Waals surface area contributed by atoms with Crippen LogP contribution < -0.4 is 0 Å². The summed E-state index contributed by atoms with van der Waals surface area (Å²) in [5.74, 6) is 0. The average molecular weight is 318 g/mol. The van der Waals surface area contributed by atoms with Gasteiger partial charge >= 0.3 is 0 Å². The molecule has 0 radical (unpaired) electrons. The second kappa shape index (κ2) is 5.96. The minimum absolute atomic E-state index is 0.193. The predicted octanol–water partition coefficient (Wildman–Crippen LogP) is 2.15. The lowest BCUT2D eigenvalue weighted by Gasteiger charge is -2.18. The van der Waals surface area contributed by atoms with Gasteiger partial charge in [0.1, 0.15) is 0 Å². The first-order chi connectivity index (χ1) is 8.95. The molecule has 2 aromatic rings. The van der Waals surface area contributed by atoms with E-state index < -0.39 is 10.0 Å². The Kier molecular flexibility index (Phi) is 4.51. The number of hydrogen-bond donors (Lipinski definition) is 0. The molecule has 102 valence electrons. The molecular weight excluding hydrogens is 306 g/mol. The van der Waals surface area contributed by atoms with E-state index in [9.17, 15) is 8.42 Å². The van der Waals surface area contributed by atoms with Gasteiger partial charge in [-0.3, -0.25) is 4.98 Å². The van der Waals surface area contributed by atoms with Gasteiger partial charge in [-0.05, 0) is 12.1 Å². The summed E-state index contributed by atoms with van der Waals surface area (Å²) >= 11 is 7.03. The third-order valence-electron chi connectivity index (χ3n) is 2.40. The molecule has 19 heavy (non-hydrogen) atoms. The van der Waals surface area contributed by atoms with Gasteiger partial charge in [0.15, 0.2) is 4.47 Å². The van der Waals surface area contributed by atoms with Gasteiger partial charge in [-0.1, -0.05) is 17.7 Å². The average Bonchev–Trinajstić information content (AvgIpc) is 2.74. The Morgan fingerprint density at radius 1 is 1.32 bits per heavy atom. The Morgan fingerprint density at radius 3 is 2.58 bits per heavy atom. The molecule has 0 aromatic carbocycles. The zero-order valence-electron chi connectivity index (χ0n) is 10.2. The lowest BCUT2D eigenvalue weighted by molar-refractivity contribution is 0.397. The van der Waals surface area contributed by atoms with Crippen LogP contribution in [-0.2, 0) is 23.1 Å². The highest BCUT2D eigenvalue weighted by Gasteiger charge is 2.19. The molecule has 2 rings (SSSR count). The van der Waals surface area contributed by atoms with Crippen LogP contribution in [0.2, 0.25) is 4.47 Å². The minimum atomic E-state index is -3.34. The topological polar surface area (TPSA) is 63.2 Å². The molecule has 0 unspecified atom stereocenters. The molecule has 0 aliphatic carbocycles. The molecule has 0 bridgehead atoms. The lowest BCUT2D eigenvalue weighted by atomic mass is 10.3. The van der Waals surface area contributed by atoms with Gasteiger partial charge in [-0.2, -0.15) is 4.31 Å². The maximum absolute atomic E-state index is 11.8. The zero-order valence-corrected chi connectivity index (χ0v) is 12.5. The van der Waals surface area contributed by atoms with Gasteiger partial charge in [0.25, 0.3) is 0 Å². The molecule has 0 N–H and O–H groups in total. The SMILES string of the molecule is CS(=O)(=O)N(Cc1ccccn1)Cc1csc(Cl)n1. The van der Waals surface area contributed by atoms with Crippen LogP contribution in [0.1, 0.15) is 11.4 Å². The third kappa shape index (κ3) is 4.24. The maximum atomic E-state index is 11.8. The number of pyridine rings is 1. The summed E-state index contributed by atoms with van der Waals surface area (Å²) in [6.45, 7) is 0.410. The standard InChI is InChI=1S/C11H12ClN3O2S2/c1-19(16,17)15(6-9-4-2-3-5-13-9)7-10-8-18-11(12)14-10/h2-5,8H,6-7H2,1H3. The molecule has 8 heteroatoms. The van der Waals surface area contributed by atoms with E-state index in [-0.39, 0.29) is 13.1 Å². The van der Waals surface area contributed by atoms with Crippen LogP contribution in [-0.4, -0.2) is 28.9 Å². The quantitative estimate of drug-likeness (QED) is 0.847. The van der Waals surface area contributed by atoms with Crippen molar-refractivity contribution in [1.29, 1.82) is 0 Å². The van der Waals surface area contributed by atoms with E-state index in [1.807, 2.05) is 6.07 Å². The lowest BCUT2D eigenvalue weighted by Crippen LogP contribution is -2.29. The number of sulfonamides is 1. The summed E-state index contributed by atoms with van der Waals surface area (Å²) in [7, 11) is -3.34. The summed E-state index contributed by atoms with van der Waals surface area (Å²) in [4.78, 5) is 8.19. The fourth-order valence-corrected chi connectivity index (χ4v) is 3.00. The summed E-state index contributed by atoms with van der Waals surface area (Å²) in [6.07, 6.45) is 2.80. The molecule has 0 fully saturated rings. The molecule has 0 aliphatic rings. The number of aromatic nitrogens is 2. The highest BCUT2D eigenvalue weighted by Crippen LogP contribution is 2.18. The van der Waals surface area contributed by atoms with Gasteiger partial charge in [-0.15, -0.1) is 11.3 Å². The van der Waals surface area contributed by atoms with E-state index in [1.165, 1.54) is 21.9 Å². The Balaban J connectivity index is 2.18. The van der Waals surface area contributed by atoms with Crippen LogP contribution in [0.3, 0.4) is 0 Å². The minimum Gasteiger partial charge on any atom is -0.260 e. The number of nitrogens with zero attached hydrogens (tertiary/aromatic N) is 3. The van der Waals surface area contributed by atoms with Gasteiger partial charge in [-0.25, -0.2) is 13.4 Å². The van der Waals surface area contributed by atoms with E-state index >= 15 is 0 Å². The first kappa shape index (κ1) is 14.4. The van der Waals surface area contributed by atoms with Crippen LogP contribution >= 0.6 is 22.9 Å². The Bertz CT molecular complexity index is 643. The van der Waals surface area contributed by atoms with E-state index in [0.717, 1.165) is 0 Å². The third-order valence-corrected chi connectivity index (χ3v) is 4.62. The van der Waals surface area contributed by atoms with Crippen molar-refractivity contribution in [1.82, 2.24) is 14.3 Å². The van der Waals surface area contributed by atoms with Crippen LogP contribution in [0.5, 0.6) is 0 Å². The van der Waals surface area contributed by atoms with E-state index in [0.29, 0.717) is 15.9 Å². The predicted molar refractivity (Wildman–Crippen MR) is 75.5 cm³/mol. The van der Waals surface area contributed by atoms with Gasteiger partial charge in [0, 0.05) is 11.6 Å². The molecule has 0 aliphatic heterocycles. The fourth-order valence-electron chi connectivity index (χ4n) is 1.50. The maximum Gasteiger partial charge on any atom is 0.211 e. The van der Waals surface area contributed by atoms with Crippen LogP contribution in [0.15, 0.2) is 29.8 Å². The fraction of sp³-hybridized carbons (Fsp3) is 0.273. The van der Waals surface area contributed by atoms with Gasteiger partial charge < -0.3 is 0 Å². The Morgan fingerprint density at radius 2 is 2.05 bits per heavy atom. The van der Waals surface area contributed by atoms with Crippen molar-refractivity contribution in [3.05, 3.63) is 45.6 Å². The van der Waals surface area contributed by atoms with Crippen LogP contribution in [0.25, 0.3) is 0 Å². The normalized spacial score (nSPS) is 11.9. The monoisotopic (exact) mass is 317 g/mol. The molecule has 5 nitrogen and oxygen atoms in total. The number of thiazole rings is 1. The van der Waals surface area contributed by atoms with Crippen molar-refractivity contribution in [3.8, 4) is 0 Å². The molecule has 0 saturated carbocycles. The van der Waals surface area contributed by atoms with Crippen molar-refractivity contribution in [2.24, 2.45) is 0 Å². The number of hydrogen-bond acceptors (Lipinski definition) is 5. The molecule has 0 spiro atoms. The first-order valence-corrected chi connectivity index (χ1v) is 8.50. The molecule has 0 atom stereocenters. The van der Waals surface area contributed by atoms with Crippen molar-refractivity contribution in [2.45, 2.75) is 13.1 Å². The first-order valence-electron chi connectivity index (χ1n) is 5.40. The highest BCUT2D eigenvalue weighted by molar-refractivity contribution is 7.88. The Hall–Kier alpha value is -1.02. The molecule has 2 heterocycles. The Labute approximate surface area is 120 Å². The zero-order chi connectivity index (χ0) is 13.9. The van der Waals surface area contributed by atoms with Gasteiger partial charge in [0.2, 0.25) is 10.0 Å². The summed E-state index contributed by atoms with van der Waals surface area (Å²) < 4.78 is 25.3. The van der Waals surface area contributed by atoms with Crippen molar-refractivity contribution in [2.75, 3.05) is 6.26 Å². The number of halogens is 1. The number of rotatable bonds is 5. The highest BCUT2D eigenvalue weighted by atomic mass is 35.5. The second-order valence-corrected chi connectivity index (χ2v) is 7.37. The van der Waals surface area contributed by atoms with E-state index in [1.54, 1.807) is 23.7 Å². The van der Waals surface area contributed by atoms with Crippen molar-refractivity contribution in [3.63, 3.8) is 0 Å². The molecular formula is C11H12ClN3O2S2. The summed E-state index contributed by atoms with van der Waals surface area (Å²) in [5, 5.41) is 1.75. The largest absolute Gasteiger partial charge is 0.260 e. The molecule has 0 saturated heterocycles. The van der Waals surface area contributed by atoms with Crippen LogP contribution in [0.4, 0.5) is 0 Å². The van der Waals surface area contributed by atoms with Gasteiger partial charge in [0.05, 0.1) is 30.7 Å². The van der Waals surface area contributed by atoms with E-state index in [4.69, 9.17) is 11.6 Å².